The first-order valence-corrected chi connectivity index (χ1v) is 10.2. The number of rotatable bonds is 9. The summed E-state index contributed by atoms with van der Waals surface area (Å²) in [5, 5.41) is 9.39. The van der Waals surface area contributed by atoms with E-state index < -0.39 is 0 Å². The van der Waals surface area contributed by atoms with Gasteiger partial charge in [0.2, 0.25) is 0 Å². The number of carbonyl (C=O) groups excluding carboxylic acids is 1. The minimum absolute atomic E-state index is 0.0494. The monoisotopic (exact) mass is 373 g/mol. The minimum atomic E-state index is -0.0494. The highest BCUT2D eigenvalue weighted by Crippen LogP contribution is 2.10. The Kier molecular flexibility index (Phi) is 9.11. The molecule has 1 aliphatic heterocycles. The van der Waals surface area contributed by atoms with Crippen LogP contribution < -0.4 is 16.0 Å². The Labute approximate surface area is 163 Å². The van der Waals surface area contributed by atoms with Crippen LogP contribution in [0, 0.1) is 5.92 Å². The van der Waals surface area contributed by atoms with Gasteiger partial charge in [-0.05, 0) is 62.9 Å². The lowest BCUT2D eigenvalue weighted by atomic mass is 10.1. The number of hydrogen-bond donors (Lipinski definition) is 3. The standard InChI is InChI=1S/C21H35N5O/c1-4-23-21(25-15-17(2)16-26-12-5-6-13-26)24-11-10-18-8-7-9-19(14-18)20(27)22-3/h7-9,14,17H,4-6,10-13,15-16H2,1-3H3,(H,22,27)(H2,23,24,25). The van der Waals surface area contributed by atoms with Crippen molar-refractivity contribution in [3.63, 3.8) is 0 Å². The number of amides is 1. The molecule has 1 aromatic carbocycles. The summed E-state index contributed by atoms with van der Waals surface area (Å²) < 4.78 is 0. The molecule has 0 aliphatic carbocycles. The number of carbonyl (C=O) groups is 1. The molecule has 1 aliphatic rings. The second-order valence-electron chi connectivity index (χ2n) is 7.29. The molecule has 1 aromatic rings. The fourth-order valence-corrected chi connectivity index (χ4v) is 3.39. The predicted octanol–water partition coefficient (Wildman–Crippen LogP) is 1.88. The van der Waals surface area contributed by atoms with E-state index in [1.165, 1.54) is 25.9 Å². The minimum Gasteiger partial charge on any atom is -0.357 e. The van der Waals surface area contributed by atoms with E-state index in [-0.39, 0.29) is 5.91 Å². The fourth-order valence-electron chi connectivity index (χ4n) is 3.39. The van der Waals surface area contributed by atoms with Crippen molar-refractivity contribution >= 4 is 11.9 Å². The van der Waals surface area contributed by atoms with E-state index in [0.29, 0.717) is 11.5 Å². The molecule has 6 heteroatoms. The normalized spacial score (nSPS) is 16.2. The predicted molar refractivity (Wildman–Crippen MR) is 112 cm³/mol. The third-order valence-corrected chi connectivity index (χ3v) is 4.80. The number of hydrogen-bond acceptors (Lipinski definition) is 3. The molecule has 0 bridgehead atoms. The van der Waals surface area contributed by atoms with E-state index in [2.05, 4.69) is 40.8 Å². The van der Waals surface area contributed by atoms with Gasteiger partial charge in [-0.3, -0.25) is 9.79 Å². The summed E-state index contributed by atoms with van der Waals surface area (Å²) in [5.41, 5.74) is 1.84. The largest absolute Gasteiger partial charge is 0.357 e. The van der Waals surface area contributed by atoms with Crippen LogP contribution in [0.4, 0.5) is 0 Å². The fraction of sp³-hybridized carbons (Fsp3) is 0.619. The first kappa shape index (κ1) is 21.2. The van der Waals surface area contributed by atoms with Crippen molar-refractivity contribution in [2.24, 2.45) is 10.9 Å². The van der Waals surface area contributed by atoms with Gasteiger partial charge in [-0.25, -0.2) is 0 Å². The van der Waals surface area contributed by atoms with E-state index in [9.17, 15) is 4.79 Å². The van der Waals surface area contributed by atoms with Crippen molar-refractivity contribution in [2.75, 3.05) is 46.3 Å². The van der Waals surface area contributed by atoms with Gasteiger partial charge in [-0.1, -0.05) is 19.1 Å². The van der Waals surface area contributed by atoms with Gasteiger partial charge in [-0.2, -0.15) is 0 Å². The molecule has 1 atom stereocenters. The van der Waals surface area contributed by atoms with Crippen LogP contribution in [-0.4, -0.2) is 63.1 Å². The molecule has 0 saturated carbocycles. The smallest absolute Gasteiger partial charge is 0.251 e. The van der Waals surface area contributed by atoms with Crippen molar-refractivity contribution in [1.82, 2.24) is 20.9 Å². The van der Waals surface area contributed by atoms with E-state index in [1.54, 1.807) is 7.05 Å². The molecule has 1 saturated heterocycles. The lowest BCUT2D eigenvalue weighted by molar-refractivity contribution is 0.0963. The Morgan fingerprint density at radius 1 is 1.26 bits per heavy atom. The molecule has 2 rings (SSSR count). The molecule has 0 spiro atoms. The van der Waals surface area contributed by atoms with Gasteiger partial charge in [0.05, 0.1) is 0 Å². The topological polar surface area (TPSA) is 68.8 Å². The number of aliphatic imine (C=N–C) groups is 1. The molecule has 0 radical (unpaired) electrons. The highest BCUT2D eigenvalue weighted by atomic mass is 16.1. The third kappa shape index (κ3) is 7.59. The van der Waals surface area contributed by atoms with Crippen molar-refractivity contribution < 1.29 is 4.79 Å². The van der Waals surface area contributed by atoms with E-state index >= 15 is 0 Å². The summed E-state index contributed by atoms with van der Waals surface area (Å²) in [6.45, 7) is 10.4. The van der Waals surface area contributed by atoms with E-state index in [4.69, 9.17) is 4.99 Å². The molecular weight excluding hydrogens is 338 g/mol. The lowest BCUT2D eigenvalue weighted by Gasteiger charge is -2.19. The van der Waals surface area contributed by atoms with Crippen LogP contribution in [0.2, 0.25) is 0 Å². The van der Waals surface area contributed by atoms with Gasteiger partial charge < -0.3 is 20.9 Å². The first-order valence-electron chi connectivity index (χ1n) is 10.2. The number of guanidine groups is 1. The summed E-state index contributed by atoms with van der Waals surface area (Å²) in [7, 11) is 1.65. The van der Waals surface area contributed by atoms with Crippen LogP contribution in [0.25, 0.3) is 0 Å². The molecule has 0 aromatic heterocycles. The first-order chi connectivity index (χ1) is 13.1. The van der Waals surface area contributed by atoms with Crippen LogP contribution in [0.5, 0.6) is 0 Å². The molecule has 1 amide bonds. The average molecular weight is 374 g/mol. The number of likely N-dealkylation sites (tertiary alicyclic amines) is 1. The summed E-state index contributed by atoms with van der Waals surface area (Å²) in [6.07, 6.45) is 3.52. The van der Waals surface area contributed by atoms with Crippen molar-refractivity contribution in [2.45, 2.75) is 33.1 Å². The Bertz CT molecular complexity index is 610. The summed E-state index contributed by atoms with van der Waals surface area (Å²) in [6, 6.07) is 7.77. The summed E-state index contributed by atoms with van der Waals surface area (Å²) in [4.78, 5) is 19.0. The van der Waals surface area contributed by atoms with E-state index in [0.717, 1.165) is 44.1 Å². The maximum absolute atomic E-state index is 11.7. The SMILES string of the molecule is CCNC(=NCC(C)CN1CCCC1)NCCc1cccc(C(=O)NC)c1. The van der Waals surface area contributed by atoms with Gasteiger partial charge in [0.1, 0.15) is 0 Å². The van der Waals surface area contributed by atoms with Crippen molar-refractivity contribution in [3.05, 3.63) is 35.4 Å². The van der Waals surface area contributed by atoms with Crippen LogP contribution in [0.15, 0.2) is 29.3 Å². The molecule has 27 heavy (non-hydrogen) atoms. The summed E-state index contributed by atoms with van der Waals surface area (Å²) in [5.74, 6) is 1.38. The van der Waals surface area contributed by atoms with Gasteiger partial charge in [0.15, 0.2) is 5.96 Å². The van der Waals surface area contributed by atoms with Crippen LogP contribution in [0.3, 0.4) is 0 Å². The number of benzene rings is 1. The van der Waals surface area contributed by atoms with Gasteiger partial charge in [0, 0.05) is 38.8 Å². The van der Waals surface area contributed by atoms with Crippen LogP contribution >= 0.6 is 0 Å². The number of nitrogens with zero attached hydrogens (tertiary/aromatic N) is 2. The summed E-state index contributed by atoms with van der Waals surface area (Å²) >= 11 is 0. The zero-order chi connectivity index (χ0) is 19.5. The van der Waals surface area contributed by atoms with Crippen molar-refractivity contribution in [1.29, 1.82) is 0 Å². The lowest BCUT2D eigenvalue weighted by Crippen LogP contribution is -2.39. The maximum atomic E-state index is 11.7. The van der Waals surface area contributed by atoms with Gasteiger partial charge in [0.25, 0.3) is 5.91 Å². The second kappa shape index (κ2) is 11.6. The molecular formula is C21H35N5O. The molecule has 1 fully saturated rings. The van der Waals surface area contributed by atoms with Crippen LogP contribution in [0.1, 0.15) is 42.6 Å². The highest BCUT2D eigenvalue weighted by Gasteiger charge is 2.14. The Hall–Kier alpha value is -2.08. The molecule has 150 valence electrons. The van der Waals surface area contributed by atoms with Crippen molar-refractivity contribution in [3.8, 4) is 0 Å². The van der Waals surface area contributed by atoms with Gasteiger partial charge >= 0.3 is 0 Å². The maximum Gasteiger partial charge on any atom is 0.251 e. The van der Waals surface area contributed by atoms with Gasteiger partial charge in [-0.15, -0.1) is 0 Å². The molecule has 1 heterocycles. The Balaban J connectivity index is 1.80. The average Bonchev–Trinajstić information content (AvgIpc) is 3.18. The molecule has 3 N–H and O–H groups in total. The van der Waals surface area contributed by atoms with Crippen LogP contribution in [-0.2, 0) is 6.42 Å². The zero-order valence-electron chi connectivity index (χ0n) is 17.1. The quantitative estimate of drug-likeness (QED) is 0.457. The molecule has 6 nitrogen and oxygen atoms in total. The highest BCUT2D eigenvalue weighted by molar-refractivity contribution is 5.94. The van der Waals surface area contributed by atoms with E-state index in [1.807, 2.05) is 18.2 Å². The zero-order valence-corrected chi connectivity index (χ0v) is 17.1. The second-order valence-corrected chi connectivity index (χ2v) is 7.29. The third-order valence-electron chi connectivity index (χ3n) is 4.80. The Morgan fingerprint density at radius 3 is 2.74 bits per heavy atom. The number of nitrogens with one attached hydrogen (secondary N) is 3. The Morgan fingerprint density at radius 2 is 2.04 bits per heavy atom. The molecule has 1 unspecified atom stereocenters.